The highest BCUT2D eigenvalue weighted by Gasteiger charge is 2.27. The first kappa shape index (κ1) is 20.2. The number of carbonyl (C=O) groups is 2. The van der Waals surface area contributed by atoms with Gasteiger partial charge in [0, 0.05) is 29.1 Å². The second-order valence-electron chi connectivity index (χ2n) is 7.07. The summed E-state index contributed by atoms with van der Waals surface area (Å²) in [7, 11) is 1.63. The van der Waals surface area contributed by atoms with Crippen molar-refractivity contribution in [1.29, 1.82) is 0 Å². The molecule has 2 aromatic carbocycles. The first-order chi connectivity index (χ1) is 13.5. The number of amides is 2. The molecule has 2 amide bonds. The Morgan fingerprint density at radius 3 is 2.43 bits per heavy atom. The standard InChI is InChI=1S/C22H25ClN2O3/c1-28-20-5-3-2-4-15(20)8-13-21(26)24-18-11-12-19(14-18)25-22(27)16-6-9-17(23)10-7-16/h2-7,9-10,18-19H,8,11-14H2,1H3,(H,24,26)(H,25,27)/t18-,19+/m0/s1. The minimum absolute atomic E-state index is 0.0283. The summed E-state index contributed by atoms with van der Waals surface area (Å²) in [4.78, 5) is 24.6. The maximum Gasteiger partial charge on any atom is 0.251 e. The molecule has 0 bridgehead atoms. The molecule has 0 aliphatic heterocycles. The number of carbonyl (C=O) groups excluding carboxylic acids is 2. The van der Waals surface area contributed by atoms with Gasteiger partial charge < -0.3 is 15.4 Å². The summed E-state index contributed by atoms with van der Waals surface area (Å²) in [6.07, 6.45) is 3.53. The van der Waals surface area contributed by atoms with Gasteiger partial charge in [-0.2, -0.15) is 0 Å². The fourth-order valence-corrected chi connectivity index (χ4v) is 3.70. The Labute approximate surface area is 170 Å². The summed E-state index contributed by atoms with van der Waals surface area (Å²) in [5.74, 6) is 0.728. The Kier molecular flexibility index (Phi) is 6.93. The molecule has 5 nitrogen and oxygen atoms in total. The third kappa shape index (κ3) is 5.49. The van der Waals surface area contributed by atoms with Gasteiger partial charge in [0.1, 0.15) is 5.75 Å². The van der Waals surface area contributed by atoms with Crippen molar-refractivity contribution in [3.8, 4) is 5.75 Å². The maximum atomic E-state index is 12.3. The van der Waals surface area contributed by atoms with Crippen molar-refractivity contribution in [3.05, 3.63) is 64.7 Å². The monoisotopic (exact) mass is 400 g/mol. The zero-order valence-corrected chi connectivity index (χ0v) is 16.7. The molecule has 148 valence electrons. The van der Waals surface area contributed by atoms with Crippen LogP contribution in [0.25, 0.3) is 0 Å². The van der Waals surface area contributed by atoms with Crippen molar-refractivity contribution in [2.45, 2.75) is 44.2 Å². The molecular weight excluding hydrogens is 376 g/mol. The molecule has 0 unspecified atom stereocenters. The number of ether oxygens (including phenoxy) is 1. The maximum absolute atomic E-state index is 12.3. The van der Waals surface area contributed by atoms with Gasteiger partial charge in [-0.15, -0.1) is 0 Å². The van der Waals surface area contributed by atoms with Crippen LogP contribution >= 0.6 is 11.6 Å². The molecule has 3 rings (SSSR count). The van der Waals surface area contributed by atoms with Crippen LogP contribution in [0.3, 0.4) is 0 Å². The molecule has 1 aliphatic rings. The lowest BCUT2D eigenvalue weighted by Crippen LogP contribution is -2.37. The molecule has 2 N–H and O–H groups in total. The van der Waals surface area contributed by atoms with Crippen LogP contribution in [0.2, 0.25) is 5.02 Å². The zero-order chi connectivity index (χ0) is 19.9. The van der Waals surface area contributed by atoms with Crippen LogP contribution in [0.5, 0.6) is 5.75 Å². The van der Waals surface area contributed by atoms with E-state index in [1.807, 2.05) is 24.3 Å². The highest BCUT2D eigenvalue weighted by Crippen LogP contribution is 2.21. The first-order valence-corrected chi connectivity index (χ1v) is 9.90. The summed E-state index contributed by atoms with van der Waals surface area (Å²) in [5.41, 5.74) is 1.62. The fraction of sp³-hybridized carbons (Fsp3) is 0.364. The zero-order valence-electron chi connectivity index (χ0n) is 15.9. The average molecular weight is 401 g/mol. The van der Waals surface area contributed by atoms with E-state index in [1.54, 1.807) is 31.4 Å². The van der Waals surface area contributed by atoms with Crippen molar-refractivity contribution in [2.75, 3.05) is 7.11 Å². The third-order valence-electron chi connectivity index (χ3n) is 5.05. The van der Waals surface area contributed by atoms with Gasteiger partial charge in [-0.1, -0.05) is 29.8 Å². The number of methoxy groups -OCH3 is 1. The topological polar surface area (TPSA) is 67.4 Å². The van der Waals surface area contributed by atoms with Crippen LogP contribution in [-0.4, -0.2) is 31.0 Å². The van der Waals surface area contributed by atoms with Gasteiger partial charge in [-0.3, -0.25) is 9.59 Å². The Balaban J connectivity index is 1.43. The van der Waals surface area contributed by atoms with Gasteiger partial charge in [0.25, 0.3) is 5.91 Å². The lowest BCUT2D eigenvalue weighted by molar-refractivity contribution is -0.121. The average Bonchev–Trinajstić information content (AvgIpc) is 3.13. The van der Waals surface area contributed by atoms with Crippen molar-refractivity contribution in [3.63, 3.8) is 0 Å². The molecule has 1 saturated carbocycles. The summed E-state index contributed by atoms with van der Waals surface area (Å²) in [6.45, 7) is 0. The van der Waals surface area contributed by atoms with Gasteiger partial charge in [-0.25, -0.2) is 0 Å². The molecule has 0 radical (unpaired) electrons. The Hall–Kier alpha value is -2.53. The first-order valence-electron chi connectivity index (χ1n) is 9.53. The highest BCUT2D eigenvalue weighted by atomic mass is 35.5. The number of rotatable bonds is 7. The van der Waals surface area contributed by atoms with E-state index in [0.717, 1.165) is 30.6 Å². The number of hydrogen-bond acceptors (Lipinski definition) is 3. The Bertz CT molecular complexity index is 823. The minimum Gasteiger partial charge on any atom is -0.496 e. The van der Waals surface area contributed by atoms with Gasteiger partial charge >= 0.3 is 0 Å². The number of nitrogens with one attached hydrogen (secondary N) is 2. The minimum atomic E-state index is -0.107. The predicted octanol–water partition coefficient (Wildman–Crippen LogP) is 3.75. The number of hydrogen-bond donors (Lipinski definition) is 2. The number of halogens is 1. The van der Waals surface area contributed by atoms with Crippen LogP contribution in [0.1, 0.15) is 41.6 Å². The number of benzene rings is 2. The van der Waals surface area contributed by atoms with Crippen molar-refractivity contribution in [1.82, 2.24) is 10.6 Å². The van der Waals surface area contributed by atoms with E-state index in [9.17, 15) is 9.59 Å². The van der Waals surface area contributed by atoms with E-state index in [0.29, 0.717) is 23.4 Å². The molecule has 0 heterocycles. The quantitative estimate of drug-likeness (QED) is 0.743. The summed E-state index contributed by atoms with van der Waals surface area (Å²) >= 11 is 5.86. The largest absolute Gasteiger partial charge is 0.496 e. The second kappa shape index (κ2) is 9.60. The molecule has 0 aromatic heterocycles. The van der Waals surface area contributed by atoms with Gasteiger partial charge in [0.2, 0.25) is 5.91 Å². The van der Waals surface area contributed by atoms with Gasteiger partial charge in [0.05, 0.1) is 7.11 Å². The van der Waals surface area contributed by atoms with Crippen molar-refractivity contribution < 1.29 is 14.3 Å². The second-order valence-corrected chi connectivity index (χ2v) is 7.50. The van der Waals surface area contributed by atoms with Crippen LogP contribution in [0.15, 0.2) is 48.5 Å². The van der Waals surface area contributed by atoms with Crippen LogP contribution in [0, 0.1) is 0 Å². The van der Waals surface area contributed by atoms with E-state index in [1.165, 1.54) is 0 Å². The van der Waals surface area contributed by atoms with E-state index in [4.69, 9.17) is 16.3 Å². The normalized spacial score (nSPS) is 18.5. The molecule has 2 aromatic rings. The predicted molar refractivity (Wildman–Crippen MR) is 110 cm³/mol. The lowest BCUT2D eigenvalue weighted by Gasteiger charge is -2.15. The molecular formula is C22H25ClN2O3. The SMILES string of the molecule is COc1ccccc1CCC(=O)N[C@H]1CC[C@@H](NC(=O)c2ccc(Cl)cc2)C1. The van der Waals surface area contributed by atoms with E-state index in [2.05, 4.69) is 10.6 Å². The van der Waals surface area contributed by atoms with Crippen LogP contribution in [-0.2, 0) is 11.2 Å². The van der Waals surface area contributed by atoms with Crippen LogP contribution in [0.4, 0.5) is 0 Å². The highest BCUT2D eigenvalue weighted by molar-refractivity contribution is 6.30. The van der Waals surface area contributed by atoms with Gasteiger partial charge in [0.15, 0.2) is 0 Å². The number of aryl methyl sites for hydroxylation is 1. The third-order valence-corrected chi connectivity index (χ3v) is 5.31. The molecule has 28 heavy (non-hydrogen) atoms. The Morgan fingerprint density at radius 2 is 1.71 bits per heavy atom. The van der Waals surface area contributed by atoms with E-state index < -0.39 is 0 Å². The number of para-hydroxylation sites is 1. The molecule has 0 spiro atoms. The van der Waals surface area contributed by atoms with Gasteiger partial charge in [-0.05, 0) is 61.6 Å². The summed E-state index contributed by atoms with van der Waals surface area (Å²) in [6, 6.07) is 14.7. The van der Waals surface area contributed by atoms with E-state index >= 15 is 0 Å². The van der Waals surface area contributed by atoms with Crippen molar-refractivity contribution >= 4 is 23.4 Å². The van der Waals surface area contributed by atoms with Crippen molar-refractivity contribution in [2.24, 2.45) is 0 Å². The molecule has 1 aliphatic carbocycles. The molecule has 1 fully saturated rings. The lowest BCUT2D eigenvalue weighted by atomic mass is 10.1. The summed E-state index contributed by atoms with van der Waals surface area (Å²) < 4.78 is 5.33. The summed E-state index contributed by atoms with van der Waals surface area (Å²) in [5, 5.41) is 6.73. The Morgan fingerprint density at radius 1 is 1.04 bits per heavy atom. The van der Waals surface area contributed by atoms with E-state index in [-0.39, 0.29) is 23.9 Å². The molecule has 2 atom stereocenters. The molecule has 0 saturated heterocycles. The van der Waals surface area contributed by atoms with Crippen LogP contribution < -0.4 is 15.4 Å². The fourth-order valence-electron chi connectivity index (χ4n) is 3.57. The molecule has 6 heteroatoms. The smallest absolute Gasteiger partial charge is 0.251 e.